The minimum atomic E-state index is -0.384. The normalized spacial score (nSPS) is 17.8. The number of morpholine rings is 1. The third-order valence-corrected chi connectivity index (χ3v) is 4.69. The number of hydrogen-bond acceptors (Lipinski definition) is 5. The van der Waals surface area contributed by atoms with E-state index in [0.29, 0.717) is 18.9 Å². The van der Waals surface area contributed by atoms with Crippen molar-refractivity contribution in [3.8, 4) is 11.1 Å². The summed E-state index contributed by atoms with van der Waals surface area (Å²) in [5, 5.41) is 0.846. The highest BCUT2D eigenvalue weighted by molar-refractivity contribution is 5.92. The maximum atomic E-state index is 12.1. The minimum absolute atomic E-state index is 0.241. The second-order valence-electron chi connectivity index (χ2n) is 6.43. The fourth-order valence-electron chi connectivity index (χ4n) is 3.36. The van der Waals surface area contributed by atoms with Crippen LogP contribution in [0.15, 0.2) is 51.7 Å². The van der Waals surface area contributed by atoms with Crippen molar-refractivity contribution >= 4 is 16.9 Å². The van der Waals surface area contributed by atoms with Crippen molar-refractivity contribution in [1.82, 2.24) is 4.98 Å². The largest absolute Gasteiger partial charge is 0.404 e. The van der Waals surface area contributed by atoms with Crippen molar-refractivity contribution in [2.24, 2.45) is 0 Å². The molecule has 4 rings (SSSR count). The van der Waals surface area contributed by atoms with Gasteiger partial charge in [0.1, 0.15) is 5.82 Å². The first-order chi connectivity index (χ1) is 12.1. The van der Waals surface area contributed by atoms with Gasteiger partial charge in [-0.1, -0.05) is 24.3 Å². The number of rotatable bonds is 2. The summed E-state index contributed by atoms with van der Waals surface area (Å²) in [4.78, 5) is 18.9. The first-order valence-corrected chi connectivity index (χ1v) is 8.49. The molecule has 2 aromatic heterocycles. The Kier molecular flexibility index (Phi) is 4.01. The number of aryl methyl sites for hydroxylation is 1. The molecule has 1 aromatic carbocycles. The standard InChI is InChI=1S/C20H20N2O3/c1-13-5-3-4-6-15(13)17-11-19(23)25-20-16(17)7-8-18(21-20)22-9-10-24-12-14(22)2/h3-8,11,14H,9-10,12H2,1-2H3. The van der Waals surface area contributed by atoms with Gasteiger partial charge in [-0.2, -0.15) is 4.98 Å². The molecule has 0 radical (unpaired) electrons. The van der Waals surface area contributed by atoms with Crippen molar-refractivity contribution < 1.29 is 9.15 Å². The fraction of sp³-hybridized carbons (Fsp3) is 0.300. The van der Waals surface area contributed by atoms with Crippen molar-refractivity contribution in [1.29, 1.82) is 0 Å². The second kappa shape index (κ2) is 6.33. The molecule has 0 aliphatic carbocycles. The molecule has 1 aliphatic rings. The van der Waals surface area contributed by atoms with E-state index in [-0.39, 0.29) is 11.7 Å². The Hall–Kier alpha value is -2.66. The Bertz CT molecular complexity index is 980. The van der Waals surface area contributed by atoms with Crippen LogP contribution in [-0.4, -0.2) is 30.8 Å². The van der Waals surface area contributed by atoms with Gasteiger partial charge in [0.2, 0.25) is 5.71 Å². The molecule has 3 heterocycles. The lowest BCUT2D eigenvalue weighted by atomic mass is 9.99. The lowest BCUT2D eigenvalue weighted by molar-refractivity contribution is 0.0985. The molecule has 0 bridgehead atoms. The molecule has 5 heteroatoms. The predicted molar refractivity (Wildman–Crippen MR) is 98.1 cm³/mol. The third-order valence-electron chi connectivity index (χ3n) is 4.69. The fourth-order valence-corrected chi connectivity index (χ4v) is 3.36. The smallest absolute Gasteiger partial charge is 0.338 e. The maximum Gasteiger partial charge on any atom is 0.338 e. The zero-order valence-electron chi connectivity index (χ0n) is 14.4. The summed E-state index contributed by atoms with van der Waals surface area (Å²) in [6.45, 7) is 6.27. The topological polar surface area (TPSA) is 55.6 Å². The zero-order chi connectivity index (χ0) is 17.4. The molecule has 0 spiro atoms. The van der Waals surface area contributed by atoms with Gasteiger partial charge in [0.25, 0.3) is 0 Å². The number of aromatic nitrogens is 1. The van der Waals surface area contributed by atoms with Gasteiger partial charge in [-0.25, -0.2) is 4.79 Å². The molecule has 3 aromatic rings. The van der Waals surface area contributed by atoms with Gasteiger partial charge in [0.05, 0.1) is 19.3 Å². The molecule has 1 fully saturated rings. The molecule has 1 unspecified atom stereocenters. The summed E-state index contributed by atoms with van der Waals surface area (Å²) in [5.74, 6) is 0.813. The Morgan fingerprint density at radius 2 is 2.00 bits per heavy atom. The average molecular weight is 336 g/mol. The first kappa shape index (κ1) is 15.8. The van der Waals surface area contributed by atoms with E-state index in [1.165, 1.54) is 0 Å². The van der Waals surface area contributed by atoms with Gasteiger partial charge < -0.3 is 14.1 Å². The molecule has 128 valence electrons. The van der Waals surface area contributed by atoms with Crippen molar-refractivity contribution in [3.05, 3.63) is 58.4 Å². The molecule has 0 saturated carbocycles. The van der Waals surface area contributed by atoms with Crippen LogP contribution >= 0.6 is 0 Å². The van der Waals surface area contributed by atoms with Crippen LogP contribution in [0, 0.1) is 6.92 Å². The van der Waals surface area contributed by atoms with Crippen LogP contribution in [0.4, 0.5) is 5.82 Å². The van der Waals surface area contributed by atoms with Gasteiger partial charge >= 0.3 is 5.63 Å². The van der Waals surface area contributed by atoms with E-state index in [0.717, 1.165) is 34.4 Å². The van der Waals surface area contributed by atoms with E-state index in [2.05, 4.69) is 16.8 Å². The summed E-state index contributed by atoms with van der Waals surface area (Å²) in [6.07, 6.45) is 0. The van der Waals surface area contributed by atoms with E-state index >= 15 is 0 Å². The molecule has 1 saturated heterocycles. The van der Waals surface area contributed by atoms with Gasteiger partial charge in [-0.05, 0) is 37.1 Å². The molecule has 1 aliphatic heterocycles. The SMILES string of the molecule is Cc1ccccc1-c1cc(=O)oc2nc(N3CCOCC3C)ccc12. The number of nitrogens with zero attached hydrogens (tertiary/aromatic N) is 2. The van der Waals surface area contributed by atoms with Crippen LogP contribution in [0.1, 0.15) is 12.5 Å². The van der Waals surface area contributed by atoms with Crippen molar-refractivity contribution in [2.45, 2.75) is 19.9 Å². The number of benzene rings is 1. The Morgan fingerprint density at radius 3 is 2.80 bits per heavy atom. The lowest BCUT2D eigenvalue weighted by Crippen LogP contribution is -2.44. The van der Waals surface area contributed by atoms with Crippen molar-refractivity contribution in [3.63, 3.8) is 0 Å². The molecule has 0 N–H and O–H groups in total. The zero-order valence-corrected chi connectivity index (χ0v) is 14.4. The quantitative estimate of drug-likeness (QED) is 0.718. The summed E-state index contributed by atoms with van der Waals surface area (Å²) in [5.41, 5.74) is 2.99. The van der Waals surface area contributed by atoms with Crippen LogP contribution in [-0.2, 0) is 4.74 Å². The number of hydrogen-bond donors (Lipinski definition) is 0. The molecule has 1 atom stereocenters. The molecular weight excluding hydrogens is 316 g/mol. The van der Waals surface area contributed by atoms with E-state index < -0.39 is 0 Å². The van der Waals surface area contributed by atoms with Gasteiger partial charge in [-0.3, -0.25) is 0 Å². The van der Waals surface area contributed by atoms with Gasteiger partial charge in [-0.15, -0.1) is 0 Å². The highest BCUT2D eigenvalue weighted by Crippen LogP contribution is 2.30. The van der Waals surface area contributed by atoms with Gasteiger partial charge in [0.15, 0.2) is 0 Å². The summed E-state index contributed by atoms with van der Waals surface area (Å²) < 4.78 is 10.9. The highest BCUT2D eigenvalue weighted by atomic mass is 16.5. The Balaban J connectivity index is 1.87. The van der Waals surface area contributed by atoms with Crippen LogP contribution < -0.4 is 10.5 Å². The molecular formula is C20H20N2O3. The van der Waals surface area contributed by atoms with Crippen LogP contribution in [0.3, 0.4) is 0 Å². The van der Waals surface area contributed by atoms with Crippen LogP contribution in [0.5, 0.6) is 0 Å². The number of pyridine rings is 1. The maximum absolute atomic E-state index is 12.1. The van der Waals surface area contributed by atoms with E-state index in [1.807, 2.05) is 43.3 Å². The van der Waals surface area contributed by atoms with E-state index in [1.54, 1.807) is 6.07 Å². The summed E-state index contributed by atoms with van der Waals surface area (Å²) in [6, 6.07) is 13.8. The van der Waals surface area contributed by atoms with Gasteiger partial charge in [0, 0.05) is 23.6 Å². The average Bonchev–Trinajstić information content (AvgIpc) is 2.61. The molecule has 5 nitrogen and oxygen atoms in total. The number of fused-ring (bicyclic) bond motifs is 1. The Morgan fingerprint density at radius 1 is 1.16 bits per heavy atom. The van der Waals surface area contributed by atoms with Crippen LogP contribution in [0.2, 0.25) is 0 Å². The van der Waals surface area contributed by atoms with E-state index in [4.69, 9.17) is 9.15 Å². The Labute approximate surface area is 145 Å². The van der Waals surface area contributed by atoms with E-state index in [9.17, 15) is 4.79 Å². The second-order valence-corrected chi connectivity index (χ2v) is 6.43. The third kappa shape index (κ3) is 2.91. The monoisotopic (exact) mass is 336 g/mol. The predicted octanol–water partition coefficient (Wildman–Crippen LogP) is 3.39. The molecule has 25 heavy (non-hydrogen) atoms. The minimum Gasteiger partial charge on any atom is -0.404 e. The lowest BCUT2D eigenvalue weighted by Gasteiger charge is -2.34. The van der Waals surface area contributed by atoms with Crippen LogP contribution in [0.25, 0.3) is 22.2 Å². The highest BCUT2D eigenvalue weighted by Gasteiger charge is 2.21. The number of anilines is 1. The first-order valence-electron chi connectivity index (χ1n) is 8.49. The summed E-state index contributed by atoms with van der Waals surface area (Å²) in [7, 11) is 0. The molecule has 0 amide bonds. The number of ether oxygens (including phenoxy) is 1. The summed E-state index contributed by atoms with van der Waals surface area (Å²) >= 11 is 0. The van der Waals surface area contributed by atoms with Crippen molar-refractivity contribution in [2.75, 3.05) is 24.7 Å².